The van der Waals surface area contributed by atoms with Crippen LogP contribution in [0.2, 0.25) is 0 Å². The van der Waals surface area contributed by atoms with Gasteiger partial charge in [-0.2, -0.15) is 0 Å². The molecule has 1 N–H and O–H groups in total. The van der Waals surface area contributed by atoms with Crippen LogP contribution in [0.15, 0.2) is 115 Å². The van der Waals surface area contributed by atoms with Crippen molar-refractivity contribution in [2.75, 3.05) is 5.32 Å². The van der Waals surface area contributed by atoms with Gasteiger partial charge >= 0.3 is 0 Å². The van der Waals surface area contributed by atoms with Crippen LogP contribution in [0.1, 0.15) is 30.5 Å². The number of anilines is 2. The zero-order chi connectivity index (χ0) is 24.0. The average Bonchev–Trinajstić information content (AvgIpc) is 3.13. The Hall–Kier alpha value is -4.10. The van der Waals surface area contributed by atoms with Crippen LogP contribution in [0.4, 0.5) is 11.4 Å². The van der Waals surface area contributed by atoms with E-state index in [4.69, 9.17) is 0 Å². The fourth-order valence-corrected chi connectivity index (χ4v) is 5.59. The largest absolute Gasteiger partial charge is 0.355 e. The molecular weight excluding hydrogens is 422 g/mol. The van der Waals surface area contributed by atoms with E-state index in [-0.39, 0.29) is 5.41 Å². The molecule has 5 aromatic carbocycles. The van der Waals surface area contributed by atoms with E-state index in [1.807, 2.05) is 0 Å². The molecule has 1 nitrogen and oxygen atoms in total. The second kappa shape index (κ2) is 8.29. The first-order valence-corrected chi connectivity index (χ1v) is 12.3. The van der Waals surface area contributed by atoms with E-state index in [9.17, 15) is 0 Å². The molecule has 1 heteroatoms. The van der Waals surface area contributed by atoms with Gasteiger partial charge in [0.25, 0.3) is 0 Å². The van der Waals surface area contributed by atoms with E-state index in [1.165, 1.54) is 50.1 Å². The molecule has 0 radical (unpaired) electrons. The van der Waals surface area contributed by atoms with Gasteiger partial charge in [-0.3, -0.25) is 0 Å². The molecule has 0 aromatic heterocycles. The summed E-state index contributed by atoms with van der Waals surface area (Å²) in [4.78, 5) is 0. The number of nitrogens with one attached hydrogen (secondary N) is 1. The van der Waals surface area contributed by atoms with Crippen molar-refractivity contribution in [3.63, 3.8) is 0 Å². The number of benzene rings is 5. The third-order valence-corrected chi connectivity index (χ3v) is 7.39. The Morgan fingerprint density at radius 1 is 0.543 bits per heavy atom. The molecular formula is C34H29N. The second-order valence-electron chi connectivity index (χ2n) is 10.00. The lowest BCUT2D eigenvalue weighted by Crippen LogP contribution is -2.16. The van der Waals surface area contributed by atoms with Crippen LogP contribution in [0.25, 0.3) is 33.4 Å². The first-order chi connectivity index (χ1) is 17.0. The molecule has 0 unspecified atom stereocenters. The van der Waals surface area contributed by atoms with Crippen molar-refractivity contribution in [2.24, 2.45) is 0 Å². The van der Waals surface area contributed by atoms with E-state index >= 15 is 0 Å². The predicted octanol–water partition coefficient (Wildman–Crippen LogP) is 9.38. The molecule has 0 fully saturated rings. The van der Waals surface area contributed by atoms with E-state index in [1.54, 1.807) is 0 Å². The van der Waals surface area contributed by atoms with E-state index < -0.39 is 0 Å². The minimum absolute atomic E-state index is 0.0168. The number of hydrogen-bond donors (Lipinski definition) is 1. The predicted molar refractivity (Wildman–Crippen MR) is 149 cm³/mol. The van der Waals surface area contributed by atoms with Gasteiger partial charge in [-0.05, 0) is 81.3 Å². The maximum Gasteiger partial charge on any atom is 0.0414 e. The molecule has 6 rings (SSSR count). The standard InChI is InChI=1S/C34H29N/c1-23-22-26(24-10-5-4-6-11-24)18-21-32(23)35-27-19-16-25(17-20-27)28-13-9-14-30-29-12-7-8-15-31(29)34(2,3)33(28)30/h4-22,35H,1-3H3. The zero-order valence-electron chi connectivity index (χ0n) is 20.5. The highest BCUT2D eigenvalue weighted by Crippen LogP contribution is 2.51. The molecule has 5 aromatic rings. The first kappa shape index (κ1) is 21.4. The Bertz CT molecular complexity index is 1530. The van der Waals surface area contributed by atoms with Crippen molar-refractivity contribution in [2.45, 2.75) is 26.2 Å². The number of fused-ring (bicyclic) bond motifs is 3. The summed E-state index contributed by atoms with van der Waals surface area (Å²) in [5, 5.41) is 3.61. The van der Waals surface area contributed by atoms with Gasteiger partial charge in [-0.25, -0.2) is 0 Å². The Kier molecular flexibility index (Phi) is 5.07. The summed E-state index contributed by atoms with van der Waals surface area (Å²) in [6.45, 7) is 6.86. The van der Waals surface area contributed by atoms with Gasteiger partial charge in [0.05, 0.1) is 0 Å². The third-order valence-electron chi connectivity index (χ3n) is 7.39. The minimum atomic E-state index is -0.0168. The van der Waals surface area contributed by atoms with Gasteiger partial charge in [-0.15, -0.1) is 0 Å². The minimum Gasteiger partial charge on any atom is -0.355 e. The van der Waals surface area contributed by atoms with Crippen molar-refractivity contribution in [1.82, 2.24) is 0 Å². The lowest BCUT2D eigenvalue weighted by molar-refractivity contribution is 0.662. The van der Waals surface area contributed by atoms with Gasteiger partial charge < -0.3 is 5.32 Å². The molecule has 1 aliphatic carbocycles. The summed E-state index contributed by atoms with van der Waals surface area (Å²) in [7, 11) is 0. The highest BCUT2D eigenvalue weighted by atomic mass is 14.9. The number of hydrogen-bond acceptors (Lipinski definition) is 1. The third kappa shape index (κ3) is 3.65. The Balaban J connectivity index is 1.30. The summed E-state index contributed by atoms with van der Waals surface area (Å²) < 4.78 is 0. The summed E-state index contributed by atoms with van der Waals surface area (Å²) in [6.07, 6.45) is 0. The van der Waals surface area contributed by atoms with Crippen molar-refractivity contribution >= 4 is 11.4 Å². The van der Waals surface area contributed by atoms with E-state index in [0.717, 1.165) is 11.4 Å². The van der Waals surface area contributed by atoms with Gasteiger partial charge in [0.1, 0.15) is 0 Å². The van der Waals surface area contributed by atoms with Gasteiger partial charge in [0.15, 0.2) is 0 Å². The van der Waals surface area contributed by atoms with Crippen molar-refractivity contribution in [1.29, 1.82) is 0 Å². The molecule has 0 bridgehead atoms. The highest BCUT2D eigenvalue weighted by molar-refractivity contribution is 5.88. The molecule has 0 saturated heterocycles. The number of rotatable bonds is 4. The molecule has 1 aliphatic rings. The van der Waals surface area contributed by atoms with Gasteiger partial charge in [0.2, 0.25) is 0 Å². The van der Waals surface area contributed by atoms with Crippen LogP contribution in [0, 0.1) is 6.92 Å². The first-order valence-electron chi connectivity index (χ1n) is 12.3. The molecule has 0 heterocycles. The van der Waals surface area contributed by atoms with Crippen LogP contribution in [-0.4, -0.2) is 0 Å². The lowest BCUT2D eigenvalue weighted by atomic mass is 9.79. The van der Waals surface area contributed by atoms with Crippen molar-refractivity contribution in [3.05, 3.63) is 132 Å². The lowest BCUT2D eigenvalue weighted by Gasteiger charge is -2.24. The topological polar surface area (TPSA) is 12.0 Å². The Labute approximate surface area is 208 Å². The summed E-state index contributed by atoms with van der Waals surface area (Å²) in [6, 6.07) is 41.6. The summed E-state index contributed by atoms with van der Waals surface area (Å²) >= 11 is 0. The summed E-state index contributed by atoms with van der Waals surface area (Å²) in [5.41, 5.74) is 14.1. The molecule has 0 amide bonds. The molecule has 170 valence electrons. The van der Waals surface area contributed by atoms with Crippen LogP contribution in [0.3, 0.4) is 0 Å². The van der Waals surface area contributed by atoms with Gasteiger partial charge in [-0.1, -0.05) is 105 Å². The van der Waals surface area contributed by atoms with Crippen LogP contribution in [0.5, 0.6) is 0 Å². The van der Waals surface area contributed by atoms with Crippen LogP contribution in [-0.2, 0) is 5.41 Å². The summed E-state index contributed by atoms with van der Waals surface area (Å²) in [5.74, 6) is 0. The zero-order valence-corrected chi connectivity index (χ0v) is 20.5. The molecule has 0 spiro atoms. The maximum atomic E-state index is 3.61. The maximum absolute atomic E-state index is 3.61. The second-order valence-corrected chi connectivity index (χ2v) is 10.00. The molecule has 0 aliphatic heterocycles. The normalized spacial score (nSPS) is 13.2. The highest BCUT2D eigenvalue weighted by Gasteiger charge is 2.37. The quantitative estimate of drug-likeness (QED) is 0.287. The van der Waals surface area contributed by atoms with E-state index in [2.05, 4.69) is 141 Å². The van der Waals surface area contributed by atoms with Crippen LogP contribution >= 0.6 is 0 Å². The van der Waals surface area contributed by atoms with Crippen molar-refractivity contribution < 1.29 is 0 Å². The Morgan fingerprint density at radius 2 is 1.20 bits per heavy atom. The monoisotopic (exact) mass is 451 g/mol. The van der Waals surface area contributed by atoms with Crippen molar-refractivity contribution in [3.8, 4) is 33.4 Å². The fourth-order valence-electron chi connectivity index (χ4n) is 5.59. The smallest absolute Gasteiger partial charge is 0.0414 e. The number of aryl methyl sites for hydroxylation is 1. The fraction of sp³-hybridized carbons (Fsp3) is 0.118. The molecule has 0 saturated carbocycles. The Morgan fingerprint density at radius 3 is 1.97 bits per heavy atom. The average molecular weight is 452 g/mol. The van der Waals surface area contributed by atoms with Gasteiger partial charge in [0, 0.05) is 16.8 Å². The van der Waals surface area contributed by atoms with E-state index in [0.29, 0.717) is 0 Å². The molecule has 0 atom stereocenters. The molecule has 35 heavy (non-hydrogen) atoms. The SMILES string of the molecule is Cc1cc(-c2ccccc2)ccc1Nc1ccc(-c2cccc3c2C(C)(C)c2ccccc2-3)cc1. The van der Waals surface area contributed by atoms with Crippen LogP contribution < -0.4 is 5.32 Å².